The van der Waals surface area contributed by atoms with Gasteiger partial charge >= 0.3 is 0 Å². The summed E-state index contributed by atoms with van der Waals surface area (Å²) in [6.45, 7) is 0. The zero-order valence-corrected chi connectivity index (χ0v) is 22.6. The third kappa shape index (κ3) is 4.96. The molecule has 0 aliphatic carbocycles. The predicted octanol–water partition coefficient (Wildman–Crippen LogP) is 7.05. The molecule has 0 saturated carbocycles. The SMILES string of the molecule is COc1ccc(O)c(Pc2c(OC)ccc(-c3c(-c4ccccc4)cccc3-c3ccccc3)c2OC)c1. The summed E-state index contributed by atoms with van der Waals surface area (Å²) in [4.78, 5) is 0. The van der Waals surface area contributed by atoms with Crippen molar-refractivity contribution in [1.29, 1.82) is 0 Å². The second-order valence-electron chi connectivity index (χ2n) is 8.69. The minimum atomic E-state index is 0.0741. The molecular weight excluding hydrogens is 491 g/mol. The number of aromatic hydroxyl groups is 1. The Bertz CT molecular complexity index is 1490. The summed E-state index contributed by atoms with van der Waals surface area (Å²) in [5, 5.41) is 12.3. The predicted molar refractivity (Wildman–Crippen MR) is 158 cm³/mol. The normalized spacial score (nSPS) is 11.0. The summed E-state index contributed by atoms with van der Waals surface area (Å²) in [6.07, 6.45) is 0. The van der Waals surface area contributed by atoms with Gasteiger partial charge in [0.15, 0.2) is 0 Å². The van der Waals surface area contributed by atoms with Crippen LogP contribution in [-0.4, -0.2) is 26.4 Å². The molecule has 0 aliphatic rings. The lowest BCUT2D eigenvalue weighted by Gasteiger charge is -2.22. The fraction of sp³-hybridized carbons (Fsp3) is 0.0909. The van der Waals surface area contributed by atoms with Crippen molar-refractivity contribution in [2.75, 3.05) is 21.3 Å². The zero-order valence-electron chi connectivity index (χ0n) is 21.6. The third-order valence-corrected chi connectivity index (χ3v) is 7.90. The van der Waals surface area contributed by atoms with Crippen molar-refractivity contribution < 1.29 is 19.3 Å². The van der Waals surface area contributed by atoms with E-state index in [2.05, 4.69) is 72.8 Å². The number of phenols is 1. The van der Waals surface area contributed by atoms with Crippen LogP contribution in [0.2, 0.25) is 0 Å². The number of ether oxygens (including phenoxy) is 3. The lowest BCUT2D eigenvalue weighted by Crippen LogP contribution is -2.12. The van der Waals surface area contributed by atoms with E-state index in [1.54, 1.807) is 33.5 Å². The molecule has 0 aliphatic heterocycles. The van der Waals surface area contributed by atoms with Crippen LogP contribution >= 0.6 is 8.58 Å². The molecule has 0 spiro atoms. The largest absolute Gasteiger partial charge is 0.507 e. The van der Waals surface area contributed by atoms with E-state index >= 15 is 0 Å². The second-order valence-corrected chi connectivity index (χ2v) is 9.98. The van der Waals surface area contributed by atoms with Crippen LogP contribution in [0.1, 0.15) is 0 Å². The number of benzene rings is 5. The topological polar surface area (TPSA) is 47.9 Å². The minimum absolute atomic E-state index is 0.0741. The highest BCUT2D eigenvalue weighted by Crippen LogP contribution is 2.45. The molecule has 5 heteroatoms. The van der Waals surface area contributed by atoms with E-state index in [1.807, 2.05) is 24.3 Å². The average molecular weight is 521 g/mol. The van der Waals surface area contributed by atoms with E-state index in [9.17, 15) is 5.11 Å². The van der Waals surface area contributed by atoms with E-state index in [0.29, 0.717) is 17.2 Å². The molecule has 5 rings (SSSR count). The molecule has 5 aromatic rings. The number of rotatable bonds is 8. The zero-order chi connectivity index (χ0) is 26.5. The standard InChI is InChI=1S/C33H29O4P/c1-35-24-17-19-28(34)30(21-24)38-33-29(36-2)20-18-27(32(33)37-3)31-25(22-11-6-4-7-12-22)15-10-16-26(31)23-13-8-5-9-14-23/h4-21,34,38H,1-3H3. The molecule has 4 nitrogen and oxygen atoms in total. The maximum absolute atomic E-state index is 10.7. The average Bonchev–Trinajstić information content (AvgIpc) is 2.98. The van der Waals surface area contributed by atoms with Gasteiger partial charge in [-0.15, -0.1) is 0 Å². The van der Waals surface area contributed by atoms with Gasteiger partial charge < -0.3 is 19.3 Å². The highest BCUT2D eigenvalue weighted by atomic mass is 31.1. The molecule has 5 aromatic carbocycles. The van der Waals surface area contributed by atoms with E-state index in [4.69, 9.17) is 14.2 Å². The monoisotopic (exact) mass is 520 g/mol. The van der Waals surface area contributed by atoms with E-state index < -0.39 is 0 Å². The summed E-state index contributed by atoms with van der Waals surface area (Å²) in [5.41, 5.74) is 6.48. The summed E-state index contributed by atoms with van der Waals surface area (Å²) < 4.78 is 17.3. The molecule has 0 bridgehead atoms. The van der Waals surface area contributed by atoms with Gasteiger partial charge in [0.2, 0.25) is 0 Å². The highest BCUT2D eigenvalue weighted by Gasteiger charge is 2.23. The Kier molecular flexibility index (Phi) is 7.62. The van der Waals surface area contributed by atoms with Crippen molar-refractivity contribution in [1.82, 2.24) is 0 Å². The van der Waals surface area contributed by atoms with Crippen LogP contribution in [0.15, 0.2) is 109 Å². The fourth-order valence-electron chi connectivity index (χ4n) is 4.70. The molecule has 0 amide bonds. The molecule has 190 valence electrons. The summed E-state index contributed by atoms with van der Waals surface area (Å²) in [6, 6.07) is 36.5. The molecular formula is C33H29O4P. The van der Waals surface area contributed by atoms with Crippen molar-refractivity contribution >= 4 is 19.2 Å². The molecule has 0 saturated heterocycles. The Morgan fingerprint density at radius 2 is 1.21 bits per heavy atom. The van der Waals surface area contributed by atoms with Gasteiger partial charge in [0, 0.05) is 16.4 Å². The smallest absolute Gasteiger partial charge is 0.138 e. The van der Waals surface area contributed by atoms with Crippen LogP contribution in [0.3, 0.4) is 0 Å². The number of phenolic OH excluding ortho intramolecular Hbond substituents is 1. The molecule has 1 unspecified atom stereocenters. The maximum atomic E-state index is 10.7. The Labute approximate surface area is 225 Å². The van der Waals surface area contributed by atoms with Gasteiger partial charge in [0.25, 0.3) is 0 Å². The van der Waals surface area contributed by atoms with Gasteiger partial charge in [0.1, 0.15) is 23.0 Å². The number of hydrogen-bond donors (Lipinski definition) is 1. The lowest BCUT2D eigenvalue weighted by molar-refractivity contribution is 0.402. The van der Waals surface area contributed by atoms with Gasteiger partial charge in [-0.3, -0.25) is 0 Å². The Hall–Kier alpha value is -4.27. The van der Waals surface area contributed by atoms with Crippen LogP contribution < -0.4 is 24.8 Å². The Morgan fingerprint density at radius 1 is 0.579 bits per heavy atom. The highest BCUT2D eigenvalue weighted by molar-refractivity contribution is 7.56. The summed E-state index contributed by atoms with van der Waals surface area (Å²) >= 11 is 0. The summed E-state index contributed by atoms with van der Waals surface area (Å²) in [5.74, 6) is 2.29. The number of hydrogen-bond acceptors (Lipinski definition) is 4. The first kappa shape index (κ1) is 25.4. The molecule has 1 atom stereocenters. The van der Waals surface area contributed by atoms with Crippen LogP contribution in [0.4, 0.5) is 0 Å². The number of methoxy groups -OCH3 is 3. The Morgan fingerprint density at radius 3 is 1.76 bits per heavy atom. The van der Waals surface area contributed by atoms with E-state index in [1.165, 1.54) is 0 Å². The fourth-order valence-corrected chi connectivity index (χ4v) is 6.05. The van der Waals surface area contributed by atoms with Gasteiger partial charge in [-0.05, 0) is 61.2 Å². The van der Waals surface area contributed by atoms with Crippen LogP contribution in [0, 0.1) is 0 Å². The van der Waals surface area contributed by atoms with Gasteiger partial charge in [-0.1, -0.05) is 78.9 Å². The van der Waals surface area contributed by atoms with Crippen molar-refractivity contribution in [3.8, 4) is 56.4 Å². The first-order valence-electron chi connectivity index (χ1n) is 12.3. The molecule has 0 fully saturated rings. The summed E-state index contributed by atoms with van der Waals surface area (Å²) in [7, 11) is 5.03. The van der Waals surface area contributed by atoms with Gasteiger partial charge in [0.05, 0.1) is 26.6 Å². The third-order valence-electron chi connectivity index (χ3n) is 6.51. The minimum Gasteiger partial charge on any atom is -0.507 e. The molecule has 0 aromatic heterocycles. The van der Waals surface area contributed by atoms with Crippen molar-refractivity contribution in [2.45, 2.75) is 0 Å². The Balaban J connectivity index is 1.79. The van der Waals surface area contributed by atoms with E-state index in [-0.39, 0.29) is 14.3 Å². The second kappa shape index (κ2) is 11.4. The first-order chi connectivity index (χ1) is 18.6. The van der Waals surface area contributed by atoms with E-state index in [0.717, 1.165) is 44.0 Å². The van der Waals surface area contributed by atoms with Crippen molar-refractivity contribution in [3.05, 3.63) is 109 Å². The van der Waals surface area contributed by atoms with Gasteiger partial charge in [-0.25, -0.2) is 0 Å². The van der Waals surface area contributed by atoms with Crippen LogP contribution in [0.25, 0.3) is 33.4 Å². The molecule has 1 N–H and O–H groups in total. The van der Waals surface area contributed by atoms with Crippen molar-refractivity contribution in [2.24, 2.45) is 0 Å². The lowest BCUT2D eigenvalue weighted by atomic mass is 9.87. The maximum Gasteiger partial charge on any atom is 0.138 e. The van der Waals surface area contributed by atoms with Crippen LogP contribution in [-0.2, 0) is 0 Å². The quantitative estimate of drug-likeness (QED) is 0.223. The molecule has 38 heavy (non-hydrogen) atoms. The molecule has 0 heterocycles. The van der Waals surface area contributed by atoms with Gasteiger partial charge in [-0.2, -0.15) is 0 Å². The van der Waals surface area contributed by atoms with Crippen molar-refractivity contribution in [3.63, 3.8) is 0 Å². The molecule has 0 radical (unpaired) electrons. The first-order valence-corrected chi connectivity index (χ1v) is 13.3. The van der Waals surface area contributed by atoms with Crippen LogP contribution in [0.5, 0.6) is 23.0 Å².